The topological polar surface area (TPSA) is 130 Å². The summed E-state index contributed by atoms with van der Waals surface area (Å²) in [5, 5.41) is 3.69. The van der Waals surface area contributed by atoms with Gasteiger partial charge in [-0.1, -0.05) is 55.0 Å². The van der Waals surface area contributed by atoms with Crippen LogP contribution in [0.2, 0.25) is 0 Å². The highest BCUT2D eigenvalue weighted by Gasteiger charge is 2.31. The number of carbonyl (C=O) groups excluding carboxylic acids is 4. The number of anilines is 1. The summed E-state index contributed by atoms with van der Waals surface area (Å²) >= 11 is 0.863. The molecule has 43 heavy (non-hydrogen) atoms. The minimum absolute atomic E-state index is 0.00339. The van der Waals surface area contributed by atoms with Crippen molar-refractivity contribution in [3.05, 3.63) is 86.1 Å². The lowest BCUT2D eigenvalue weighted by Crippen LogP contribution is -2.34. The molecule has 4 aromatic rings. The Morgan fingerprint density at radius 1 is 0.930 bits per heavy atom. The van der Waals surface area contributed by atoms with Crippen LogP contribution in [0.3, 0.4) is 0 Å². The molecule has 0 aliphatic rings. The van der Waals surface area contributed by atoms with Crippen molar-refractivity contribution in [3.63, 3.8) is 0 Å². The van der Waals surface area contributed by atoms with Crippen LogP contribution in [0.4, 0.5) is 5.00 Å². The molecule has 0 saturated carbocycles. The van der Waals surface area contributed by atoms with Crippen LogP contribution in [0.5, 0.6) is 0 Å². The number of nitrogens with one attached hydrogen (secondary N) is 1. The van der Waals surface area contributed by atoms with Crippen molar-refractivity contribution in [2.75, 3.05) is 19.0 Å². The van der Waals surface area contributed by atoms with E-state index >= 15 is 0 Å². The van der Waals surface area contributed by atoms with Gasteiger partial charge in [0.05, 0.1) is 19.3 Å². The summed E-state index contributed by atoms with van der Waals surface area (Å²) < 4.78 is 16.9. The highest BCUT2D eigenvalue weighted by Crippen LogP contribution is 2.35. The molecule has 10 nitrogen and oxygen atoms in total. The monoisotopic (exact) mass is 604 g/mol. The van der Waals surface area contributed by atoms with Gasteiger partial charge in [0.2, 0.25) is 0 Å². The van der Waals surface area contributed by atoms with Gasteiger partial charge in [-0.25, -0.2) is 14.4 Å². The van der Waals surface area contributed by atoms with Crippen molar-refractivity contribution >= 4 is 50.9 Å². The maximum absolute atomic E-state index is 13.8. The predicted molar refractivity (Wildman–Crippen MR) is 164 cm³/mol. The molecule has 0 radical (unpaired) electrons. The van der Waals surface area contributed by atoms with Crippen LogP contribution in [0.15, 0.2) is 53.3 Å². The van der Waals surface area contributed by atoms with E-state index in [2.05, 4.69) is 5.32 Å². The second-order valence-corrected chi connectivity index (χ2v) is 10.8. The van der Waals surface area contributed by atoms with Crippen molar-refractivity contribution in [1.82, 2.24) is 4.57 Å². The average Bonchev–Trinajstić information content (AvgIpc) is 3.32. The Hall–Kier alpha value is -4.77. The largest absolute Gasteiger partial charge is 0.465 e. The minimum atomic E-state index is -1.29. The van der Waals surface area contributed by atoms with Gasteiger partial charge in [-0.3, -0.25) is 9.59 Å². The maximum Gasteiger partial charge on any atom is 0.356 e. The van der Waals surface area contributed by atoms with E-state index in [1.807, 2.05) is 31.2 Å². The number of esters is 3. The Morgan fingerprint density at radius 2 is 1.58 bits per heavy atom. The molecule has 1 atom stereocenters. The van der Waals surface area contributed by atoms with E-state index in [0.29, 0.717) is 27.5 Å². The summed E-state index contributed by atoms with van der Waals surface area (Å²) in [4.78, 5) is 65.7. The number of amides is 1. The number of nitrogens with zero attached hydrogens (tertiary/aromatic N) is 1. The Bertz CT molecular complexity index is 1790. The molecular formula is C32H32N2O8S. The lowest BCUT2D eigenvalue weighted by Gasteiger charge is -2.20. The number of aryl methyl sites for hydroxylation is 1. The van der Waals surface area contributed by atoms with Gasteiger partial charge in [-0.15, -0.1) is 11.3 Å². The first-order valence-electron chi connectivity index (χ1n) is 13.6. The molecule has 1 amide bonds. The number of benzene rings is 2. The molecule has 4 rings (SSSR count). The number of hydrogen-bond acceptors (Lipinski definition) is 9. The second-order valence-electron chi connectivity index (χ2n) is 9.76. The van der Waals surface area contributed by atoms with Crippen LogP contribution in [-0.4, -0.2) is 48.2 Å². The van der Waals surface area contributed by atoms with E-state index in [-0.39, 0.29) is 39.7 Å². The van der Waals surface area contributed by atoms with E-state index in [1.165, 1.54) is 18.7 Å². The van der Waals surface area contributed by atoms with E-state index in [1.54, 1.807) is 45.0 Å². The summed E-state index contributed by atoms with van der Waals surface area (Å²) in [5.41, 5.74) is 2.12. The average molecular weight is 605 g/mol. The Kier molecular flexibility index (Phi) is 9.45. The number of ether oxygens (including phenoxy) is 3. The van der Waals surface area contributed by atoms with E-state index in [0.717, 1.165) is 16.9 Å². The number of carbonyl (C=O) groups is 4. The molecule has 0 aliphatic carbocycles. The standard InChI is InChI=1S/C32H32N2O8S/c1-7-22(27(35)33-28-23(30(37)40-6)18(4)26(43-28)32(39)41-8-2)42-31(38)25-24(19-15-13-17(3)14-16-19)20-11-9-10-12-21(20)29(36)34(25)5/h9-16,22H,7-8H2,1-6H3,(H,33,35). The third-order valence-electron chi connectivity index (χ3n) is 6.98. The van der Waals surface area contributed by atoms with Crippen LogP contribution in [0.25, 0.3) is 21.9 Å². The van der Waals surface area contributed by atoms with Crippen LogP contribution in [-0.2, 0) is 26.1 Å². The van der Waals surface area contributed by atoms with Crippen molar-refractivity contribution in [3.8, 4) is 11.1 Å². The van der Waals surface area contributed by atoms with Gasteiger partial charge in [0.25, 0.3) is 11.5 Å². The van der Waals surface area contributed by atoms with Gasteiger partial charge in [-0.05, 0) is 49.8 Å². The number of aromatic nitrogens is 1. The van der Waals surface area contributed by atoms with Gasteiger partial charge in [0, 0.05) is 18.0 Å². The Labute approximate surface area is 252 Å². The molecule has 224 valence electrons. The van der Waals surface area contributed by atoms with Crippen molar-refractivity contribution in [1.29, 1.82) is 0 Å². The molecule has 11 heteroatoms. The fraction of sp³-hybridized carbons (Fsp3) is 0.281. The number of thiophene rings is 1. The highest BCUT2D eigenvalue weighted by molar-refractivity contribution is 7.18. The second kappa shape index (κ2) is 13.0. The molecule has 0 aliphatic heterocycles. The lowest BCUT2D eigenvalue weighted by molar-refractivity contribution is -0.124. The summed E-state index contributed by atoms with van der Waals surface area (Å²) in [7, 11) is 2.67. The zero-order valence-electron chi connectivity index (χ0n) is 24.7. The van der Waals surface area contributed by atoms with Crippen LogP contribution in [0.1, 0.15) is 61.9 Å². The molecule has 0 spiro atoms. The first-order chi connectivity index (χ1) is 20.5. The number of methoxy groups -OCH3 is 1. The summed E-state index contributed by atoms with van der Waals surface area (Å²) in [6.45, 7) is 6.93. The van der Waals surface area contributed by atoms with Gasteiger partial charge in [-0.2, -0.15) is 0 Å². The zero-order chi connectivity index (χ0) is 31.4. The summed E-state index contributed by atoms with van der Waals surface area (Å²) in [6.07, 6.45) is -1.21. The SMILES string of the molecule is CCOC(=O)c1sc(NC(=O)C(CC)OC(=O)c2c(-c3ccc(C)cc3)c3ccccc3c(=O)n2C)c(C(=O)OC)c1C. The van der Waals surface area contributed by atoms with E-state index in [4.69, 9.17) is 14.2 Å². The Morgan fingerprint density at radius 3 is 2.19 bits per heavy atom. The van der Waals surface area contributed by atoms with Crippen molar-refractivity contribution in [2.24, 2.45) is 7.05 Å². The molecule has 1 unspecified atom stereocenters. The highest BCUT2D eigenvalue weighted by atomic mass is 32.1. The maximum atomic E-state index is 13.8. The molecule has 2 aromatic heterocycles. The number of pyridine rings is 1. The van der Waals surface area contributed by atoms with Crippen LogP contribution < -0.4 is 10.9 Å². The van der Waals surface area contributed by atoms with Crippen molar-refractivity contribution < 1.29 is 33.4 Å². The molecular weight excluding hydrogens is 572 g/mol. The molecule has 0 saturated heterocycles. The summed E-state index contributed by atoms with van der Waals surface area (Å²) in [5.74, 6) is -2.99. The first-order valence-corrected chi connectivity index (χ1v) is 14.4. The first kappa shape index (κ1) is 31.2. The molecule has 1 N–H and O–H groups in total. The third kappa shape index (κ3) is 6.07. The molecule has 2 aromatic carbocycles. The smallest absolute Gasteiger partial charge is 0.356 e. The van der Waals surface area contributed by atoms with E-state index < -0.39 is 29.9 Å². The van der Waals surface area contributed by atoms with Crippen LogP contribution in [0, 0.1) is 13.8 Å². The molecule has 2 heterocycles. The van der Waals surface area contributed by atoms with Gasteiger partial charge < -0.3 is 24.1 Å². The quantitative estimate of drug-likeness (QED) is 0.198. The third-order valence-corrected chi connectivity index (χ3v) is 8.17. The van der Waals surface area contributed by atoms with Gasteiger partial charge in [0.15, 0.2) is 6.10 Å². The summed E-state index contributed by atoms with van der Waals surface area (Å²) in [6, 6.07) is 14.5. The van der Waals surface area contributed by atoms with Gasteiger partial charge in [0.1, 0.15) is 15.6 Å². The lowest BCUT2D eigenvalue weighted by atomic mass is 9.96. The fourth-order valence-electron chi connectivity index (χ4n) is 4.76. The van der Waals surface area contributed by atoms with Crippen molar-refractivity contribution in [2.45, 2.75) is 40.2 Å². The van der Waals surface area contributed by atoms with Gasteiger partial charge >= 0.3 is 17.9 Å². The number of hydrogen-bond donors (Lipinski definition) is 1. The Balaban J connectivity index is 1.73. The number of rotatable bonds is 9. The zero-order valence-corrected chi connectivity index (χ0v) is 25.5. The number of fused-ring (bicyclic) bond motifs is 1. The van der Waals surface area contributed by atoms with E-state index in [9.17, 15) is 24.0 Å². The fourth-order valence-corrected chi connectivity index (χ4v) is 5.85. The minimum Gasteiger partial charge on any atom is -0.465 e. The van der Waals surface area contributed by atoms with Crippen LogP contribution >= 0.6 is 11.3 Å². The normalized spacial score (nSPS) is 11.6. The predicted octanol–water partition coefficient (Wildman–Crippen LogP) is 5.42. The molecule has 0 fully saturated rings. The molecule has 0 bridgehead atoms.